The van der Waals surface area contributed by atoms with Crippen LogP contribution in [-0.2, 0) is 4.79 Å². The molecule has 108 valence electrons. The number of nitrogens with zero attached hydrogens (tertiary/aromatic N) is 2. The van der Waals surface area contributed by atoms with Gasteiger partial charge in [-0.25, -0.2) is 0 Å². The molecule has 9 nitrogen and oxygen atoms in total. The van der Waals surface area contributed by atoms with Gasteiger partial charge in [-0.1, -0.05) is 24.0 Å². The van der Waals surface area contributed by atoms with Gasteiger partial charge in [-0.2, -0.15) is 0 Å². The van der Waals surface area contributed by atoms with E-state index in [1.807, 2.05) is 0 Å². The number of nitrogens with one attached hydrogen (secondary N) is 1. The molecule has 0 atom stereocenters. The first-order valence-corrected chi connectivity index (χ1v) is 6.42. The van der Waals surface area contributed by atoms with Gasteiger partial charge in [-0.05, 0) is 6.08 Å². The molecule has 2 rings (SSSR count). The van der Waals surface area contributed by atoms with Crippen LogP contribution in [0, 0.1) is 20.2 Å². The Morgan fingerprint density at radius 1 is 1.29 bits per heavy atom. The number of aromatic hydroxyl groups is 1. The summed E-state index contributed by atoms with van der Waals surface area (Å²) in [6.45, 7) is 0. The summed E-state index contributed by atoms with van der Waals surface area (Å²) < 4.78 is 0.186. The van der Waals surface area contributed by atoms with E-state index in [-0.39, 0.29) is 14.8 Å². The van der Waals surface area contributed by atoms with Crippen LogP contribution in [0.25, 0.3) is 6.08 Å². The Kier molecular flexibility index (Phi) is 3.86. The Morgan fingerprint density at radius 2 is 1.95 bits per heavy atom. The molecule has 0 bridgehead atoms. The number of amides is 1. The number of nitro groups is 2. The van der Waals surface area contributed by atoms with Crippen molar-refractivity contribution in [1.82, 2.24) is 5.32 Å². The van der Waals surface area contributed by atoms with Gasteiger partial charge in [0.1, 0.15) is 4.32 Å². The van der Waals surface area contributed by atoms with E-state index in [0.717, 1.165) is 23.9 Å². The van der Waals surface area contributed by atoms with E-state index in [2.05, 4.69) is 5.32 Å². The molecule has 1 aromatic carbocycles. The number of thioether (sulfide) groups is 1. The highest BCUT2D eigenvalue weighted by Crippen LogP contribution is 2.37. The molecule has 0 saturated carbocycles. The lowest BCUT2D eigenvalue weighted by Crippen LogP contribution is -2.17. The van der Waals surface area contributed by atoms with Crippen LogP contribution in [0.3, 0.4) is 0 Å². The first kappa shape index (κ1) is 14.9. The molecule has 1 fully saturated rings. The quantitative estimate of drug-likeness (QED) is 0.370. The number of hydrogen-bond acceptors (Lipinski definition) is 8. The highest BCUT2D eigenvalue weighted by atomic mass is 32.2. The predicted octanol–water partition coefficient (Wildman–Crippen LogP) is 1.70. The van der Waals surface area contributed by atoms with Crippen molar-refractivity contribution >= 4 is 51.7 Å². The number of carbonyl (C=O) groups excluding carboxylic acids is 1. The first-order chi connectivity index (χ1) is 9.79. The lowest BCUT2D eigenvalue weighted by Gasteiger charge is -2.02. The third-order valence-electron chi connectivity index (χ3n) is 2.44. The van der Waals surface area contributed by atoms with Crippen LogP contribution in [-0.4, -0.2) is 25.2 Å². The van der Waals surface area contributed by atoms with Gasteiger partial charge in [0.25, 0.3) is 11.6 Å². The summed E-state index contributed by atoms with van der Waals surface area (Å²) in [6, 6.07) is 1.58. The zero-order valence-electron chi connectivity index (χ0n) is 9.93. The van der Waals surface area contributed by atoms with Crippen molar-refractivity contribution < 1.29 is 19.7 Å². The average molecular weight is 327 g/mol. The van der Waals surface area contributed by atoms with Crippen molar-refractivity contribution in [3.05, 3.63) is 42.8 Å². The summed E-state index contributed by atoms with van der Waals surface area (Å²) >= 11 is 5.65. The Morgan fingerprint density at radius 3 is 2.43 bits per heavy atom. The molecule has 11 heteroatoms. The van der Waals surface area contributed by atoms with E-state index < -0.39 is 32.9 Å². The first-order valence-electron chi connectivity index (χ1n) is 5.20. The van der Waals surface area contributed by atoms with Gasteiger partial charge >= 0.3 is 5.69 Å². The van der Waals surface area contributed by atoms with Crippen molar-refractivity contribution in [1.29, 1.82) is 0 Å². The number of phenols is 1. The van der Waals surface area contributed by atoms with Crippen LogP contribution in [0.15, 0.2) is 17.0 Å². The van der Waals surface area contributed by atoms with E-state index in [1.165, 1.54) is 0 Å². The summed E-state index contributed by atoms with van der Waals surface area (Å²) in [7, 11) is 0. The zero-order chi connectivity index (χ0) is 15.7. The van der Waals surface area contributed by atoms with Crippen LogP contribution < -0.4 is 5.32 Å². The molecule has 1 aromatic rings. The average Bonchev–Trinajstić information content (AvgIpc) is 2.69. The minimum atomic E-state index is -0.948. The van der Waals surface area contributed by atoms with Gasteiger partial charge in [-0.3, -0.25) is 25.0 Å². The molecule has 0 spiro atoms. The standard InChI is InChI=1S/C10H5N3O6S2/c14-8-4(2-7-9(15)11-10(20)21-7)1-5(12(16)17)3-6(8)13(18)19/h1-3,14H,(H,11,15,20). The van der Waals surface area contributed by atoms with Gasteiger partial charge in [0.05, 0.1) is 20.8 Å². The fourth-order valence-electron chi connectivity index (χ4n) is 1.54. The number of nitro benzene ring substituents is 2. The molecular formula is C10H5N3O6S2. The number of hydrogen-bond donors (Lipinski definition) is 2. The largest absolute Gasteiger partial charge is 0.502 e. The van der Waals surface area contributed by atoms with Crippen LogP contribution in [0.1, 0.15) is 5.56 Å². The fraction of sp³-hybridized carbons (Fsp3) is 0. The maximum absolute atomic E-state index is 11.5. The summed E-state index contributed by atoms with van der Waals surface area (Å²) in [4.78, 5) is 31.4. The lowest BCUT2D eigenvalue weighted by molar-refractivity contribution is -0.394. The SMILES string of the molecule is O=C1NC(=S)SC1=Cc1cc([N+](=O)[O-])cc([N+](=O)[O-])c1O. The Labute approximate surface area is 125 Å². The molecule has 1 heterocycles. The molecule has 0 aromatic heterocycles. The monoisotopic (exact) mass is 327 g/mol. The van der Waals surface area contributed by atoms with E-state index in [0.29, 0.717) is 6.07 Å². The van der Waals surface area contributed by atoms with Gasteiger partial charge in [0.2, 0.25) is 5.75 Å². The van der Waals surface area contributed by atoms with E-state index >= 15 is 0 Å². The van der Waals surface area contributed by atoms with Crippen molar-refractivity contribution in [2.45, 2.75) is 0 Å². The third-order valence-corrected chi connectivity index (χ3v) is 3.60. The van der Waals surface area contributed by atoms with E-state index in [4.69, 9.17) is 12.2 Å². The number of thiocarbonyl (C=S) groups is 1. The molecule has 0 aliphatic carbocycles. The molecule has 21 heavy (non-hydrogen) atoms. The molecule has 0 unspecified atom stereocenters. The van der Waals surface area contributed by atoms with Crippen molar-refractivity contribution in [3.63, 3.8) is 0 Å². The lowest BCUT2D eigenvalue weighted by atomic mass is 10.1. The number of phenolic OH excluding ortho intramolecular Hbond substituents is 1. The van der Waals surface area contributed by atoms with Gasteiger partial charge in [-0.15, -0.1) is 0 Å². The second-order valence-corrected chi connectivity index (χ2v) is 5.49. The van der Waals surface area contributed by atoms with Crippen LogP contribution in [0.5, 0.6) is 5.75 Å². The minimum absolute atomic E-state index is 0.0742. The molecule has 0 radical (unpaired) electrons. The van der Waals surface area contributed by atoms with Crippen LogP contribution >= 0.6 is 24.0 Å². The summed E-state index contributed by atoms with van der Waals surface area (Å²) in [6.07, 6.45) is 1.11. The summed E-state index contributed by atoms with van der Waals surface area (Å²) in [5, 5.41) is 33.7. The Bertz CT molecular complexity index is 730. The van der Waals surface area contributed by atoms with E-state index in [1.54, 1.807) is 0 Å². The second kappa shape index (κ2) is 5.46. The second-order valence-electron chi connectivity index (χ2n) is 3.77. The predicted molar refractivity (Wildman–Crippen MR) is 77.7 cm³/mol. The molecule has 1 amide bonds. The maximum atomic E-state index is 11.5. The minimum Gasteiger partial charge on any atom is -0.502 e. The molecule has 1 aliphatic rings. The molecule has 2 N–H and O–H groups in total. The summed E-state index contributed by atoms with van der Waals surface area (Å²) in [5.74, 6) is -1.30. The maximum Gasteiger partial charge on any atom is 0.318 e. The molecule has 1 saturated heterocycles. The highest BCUT2D eigenvalue weighted by molar-refractivity contribution is 8.26. The molecule has 1 aliphatic heterocycles. The Balaban J connectivity index is 2.60. The number of benzene rings is 1. The van der Waals surface area contributed by atoms with Crippen molar-refractivity contribution in [2.75, 3.05) is 0 Å². The van der Waals surface area contributed by atoms with Gasteiger partial charge < -0.3 is 10.4 Å². The van der Waals surface area contributed by atoms with Crippen molar-refractivity contribution in [2.24, 2.45) is 0 Å². The molecular weight excluding hydrogens is 322 g/mol. The summed E-state index contributed by atoms with van der Waals surface area (Å²) in [5.41, 5.74) is -1.60. The topological polar surface area (TPSA) is 136 Å². The zero-order valence-corrected chi connectivity index (χ0v) is 11.6. The normalized spacial score (nSPS) is 16.1. The van der Waals surface area contributed by atoms with Crippen LogP contribution in [0.2, 0.25) is 0 Å². The number of rotatable bonds is 3. The smallest absolute Gasteiger partial charge is 0.318 e. The van der Waals surface area contributed by atoms with Crippen LogP contribution in [0.4, 0.5) is 11.4 Å². The highest BCUT2D eigenvalue weighted by Gasteiger charge is 2.26. The fourth-order valence-corrected chi connectivity index (χ4v) is 2.58. The van der Waals surface area contributed by atoms with E-state index in [9.17, 15) is 30.1 Å². The number of non-ortho nitro benzene ring substituents is 1. The van der Waals surface area contributed by atoms with Gasteiger partial charge in [0, 0.05) is 11.6 Å². The van der Waals surface area contributed by atoms with Crippen molar-refractivity contribution in [3.8, 4) is 5.75 Å². The third kappa shape index (κ3) is 2.98. The van der Waals surface area contributed by atoms with Gasteiger partial charge in [0.15, 0.2) is 0 Å². The Hall–Kier alpha value is -2.53. The number of carbonyl (C=O) groups is 1.